The SMILES string of the molecule is Cl.Cl.NCC(F)(F)CNC(=O)CCCc1nc2ccccc2s1. The monoisotopic (exact) mass is 385 g/mol. The first-order chi connectivity index (χ1) is 10.00. The van der Waals surface area contributed by atoms with Gasteiger partial charge in [-0.15, -0.1) is 36.2 Å². The topological polar surface area (TPSA) is 68.0 Å². The molecule has 0 atom stereocenters. The smallest absolute Gasteiger partial charge is 0.277 e. The summed E-state index contributed by atoms with van der Waals surface area (Å²) in [6.07, 6.45) is 1.45. The van der Waals surface area contributed by atoms with Gasteiger partial charge >= 0.3 is 0 Å². The van der Waals surface area contributed by atoms with Crippen LogP contribution in [0.25, 0.3) is 10.2 Å². The number of halogens is 4. The Morgan fingerprint density at radius 3 is 2.65 bits per heavy atom. The first-order valence-corrected chi connectivity index (χ1v) is 7.51. The molecule has 1 amide bonds. The summed E-state index contributed by atoms with van der Waals surface area (Å²) in [5, 5.41) is 3.16. The number of carbonyl (C=O) groups excluding carboxylic acids is 1. The van der Waals surface area contributed by atoms with Gasteiger partial charge in [0.05, 0.1) is 28.3 Å². The van der Waals surface area contributed by atoms with Gasteiger partial charge in [-0.25, -0.2) is 13.8 Å². The molecule has 9 heteroatoms. The number of nitrogens with one attached hydrogen (secondary N) is 1. The third kappa shape index (κ3) is 6.95. The minimum Gasteiger partial charge on any atom is -0.350 e. The molecule has 0 spiro atoms. The second-order valence-corrected chi connectivity index (χ2v) is 5.88. The number of benzene rings is 1. The zero-order valence-corrected chi connectivity index (χ0v) is 14.7. The van der Waals surface area contributed by atoms with Crippen LogP contribution in [0.2, 0.25) is 0 Å². The molecule has 0 aliphatic heterocycles. The highest BCUT2D eigenvalue weighted by Gasteiger charge is 2.26. The maximum atomic E-state index is 12.9. The summed E-state index contributed by atoms with van der Waals surface area (Å²) in [6, 6.07) is 7.82. The highest BCUT2D eigenvalue weighted by molar-refractivity contribution is 7.18. The molecular weight excluding hydrogens is 367 g/mol. The number of alkyl halides is 2. The molecule has 1 heterocycles. The molecule has 3 N–H and O–H groups in total. The van der Waals surface area contributed by atoms with E-state index in [0.717, 1.165) is 15.2 Å². The van der Waals surface area contributed by atoms with Gasteiger partial charge in [0.1, 0.15) is 0 Å². The van der Waals surface area contributed by atoms with Crippen molar-refractivity contribution in [3.8, 4) is 0 Å². The summed E-state index contributed by atoms with van der Waals surface area (Å²) in [7, 11) is 0. The molecule has 4 nitrogen and oxygen atoms in total. The molecule has 0 fully saturated rings. The van der Waals surface area contributed by atoms with Crippen molar-refractivity contribution in [3.05, 3.63) is 29.3 Å². The fourth-order valence-electron chi connectivity index (χ4n) is 1.82. The minimum absolute atomic E-state index is 0. The number of hydrogen-bond donors (Lipinski definition) is 2. The van der Waals surface area contributed by atoms with E-state index in [-0.39, 0.29) is 37.1 Å². The van der Waals surface area contributed by atoms with E-state index in [4.69, 9.17) is 5.73 Å². The van der Waals surface area contributed by atoms with E-state index in [1.807, 2.05) is 24.3 Å². The van der Waals surface area contributed by atoms with Gasteiger partial charge in [0, 0.05) is 6.42 Å². The maximum absolute atomic E-state index is 12.9. The molecule has 0 radical (unpaired) electrons. The fourth-order valence-corrected chi connectivity index (χ4v) is 2.82. The van der Waals surface area contributed by atoms with Crippen LogP contribution in [-0.4, -0.2) is 29.9 Å². The predicted octanol–water partition coefficient (Wildman–Crippen LogP) is 3.17. The zero-order chi connectivity index (χ0) is 15.3. The van der Waals surface area contributed by atoms with Gasteiger partial charge in [-0.2, -0.15) is 0 Å². The first-order valence-electron chi connectivity index (χ1n) is 6.69. The maximum Gasteiger partial charge on any atom is 0.277 e. The summed E-state index contributed by atoms with van der Waals surface area (Å²) in [6.45, 7) is -1.47. The molecule has 0 bridgehead atoms. The number of fused-ring (bicyclic) bond motifs is 1. The second-order valence-electron chi connectivity index (χ2n) is 4.77. The van der Waals surface area contributed by atoms with Gasteiger partial charge in [-0.1, -0.05) is 12.1 Å². The molecule has 0 aliphatic carbocycles. The number of aryl methyl sites for hydroxylation is 1. The predicted molar refractivity (Wildman–Crippen MR) is 94.1 cm³/mol. The molecule has 0 saturated heterocycles. The Morgan fingerprint density at radius 2 is 2.00 bits per heavy atom. The second kappa shape index (κ2) is 9.97. The van der Waals surface area contributed by atoms with Crippen molar-refractivity contribution >= 4 is 52.3 Å². The molecule has 0 aliphatic rings. The highest BCUT2D eigenvalue weighted by Crippen LogP contribution is 2.22. The lowest BCUT2D eigenvalue weighted by Gasteiger charge is -2.14. The third-order valence-corrected chi connectivity index (χ3v) is 4.07. The molecule has 1 aromatic heterocycles. The summed E-state index contributed by atoms with van der Waals surface area (Å²) in [4.78, 5) is 15.9. The average molecular weight is 386 g/mol. The molecule has 2 aromatic rings. The number of aromatic nitrogens is 1. The number of thiazole rings is 1. The highest BCUT2D eigenvalue weighted by atomic mass is 35.5. The van der Waals surface area contributed by atoms with Crippen LogP contribution in [0.1, 0.15) is 17.8 Å². The number of amides is 1. The van der Waals surface area contributed by atoms with Crippen LogP contribution in [-0.2, 0) is 11.2 Å². The summed E-state index contributed by atoms with van der Waals surface area (Å²) >= 11 is 1.59. The fraction of sp³-hybridized carbons (Fsp3) is 0.429. The third-order valence-electron chi connectivity index (χ3n) is 2.98. The lowest BCUT2D eigenvalue weighted by atomic mass is 10.2. The van der Waals surface area contributed by atoms with Crippen molar-refractivity contribution in [2.45, 2.75) is 25.2 Å². The van der Waals surface area contributed by atoms with Gasteiger partial charge in [0.2, 0.25) is 5.91 Å². The van der Waals surface area contributed by atoms with E-state index >= 15 is 0 Å². The molecule has 130 valence electrons. The van der Waals surface area contributed by atoms with Crippen molar-refractivity contribution in [1.29, 1.82) is 0 Å². The van der Waals surface area contributed by atoms with Crippen LogP contribution in [0.3, 0.4) is 0 Å². The van der Waals surface area contributed by atoms with Crippen molar-refractivity contribution < 1.29 is 13.6 Å². The normalized spacial score (nSPS) is 10.7. The Morgan fingerprint density at radius 1 is 1.30 bits per heavy atom. The summed E-state index contributed by atoms with van der Waals surface area (Å²) in [5.41, 5.74) is 5.85. The largest absolute Gasteiger partial charge is 0.350 e. The van der Waals surface area contributed by atoms with Crippen LogP contribution < -0.4 is 11.1 Å². The van der Waals surface area contributed by atoms with Crippen molar-refractivity contribution in [1.82, 2.24) is 10.3 Å². The van der Waals surface area contributed by atoms with E-state index in [1.54, 1.807) is 11.3 Å². The van der Waals surface area contributed by atoms with E-state index in [1.165, 1.54) is 0 Å². The molecule has 0 saturated carbocycles. The Balaban J connectivity index is 0.00000242. The van der Waals surface area contributed by atoms with Crippen LogP contribution in [0.15, 0.2) is 24.3 Å². The van der Waals surface area contributed by atoms with Crippen LogP contribution >= 0.6 is 36.2 Å². The van der Waals surface area contributed by atoms with Crippen molar-refractivity contribution in [2.75, 3.05) is 13.1 Å². The van der Waals surface area contributed by atoms with Crippen LogP contribution in [0.4, 0.5) is 8.78 Å². The lowest BCUT2D eigenvalue weighted by molar-refractivity contribution is -0.122. The van der Waals surface area contributed by atoms with E-state index in [9.17, 15) is 13.6 Å². The number of nitrogens with two attached hydrogens (primary N) is 1. The van der Waals surface area contributed by atoms with E-state index in [2.05, 4.69) is 10.3 Å². The van der Waals surface area contributed by atoms with Gasteiger partial charge < -0.3 is 11.1 Å². The van der Waals surface area contributed by atoms with Crippen LogP contribution in [0.5, 0.6) is 0 Å². The number of nitrogens with zero attached hydrogens (tertiary/aromatic N) is 1. The van der Waals surface area contributed by atoms with Gasteiger partial charge in [-0.05, 0) is 25.0 Å². The van der Waals surface area contributed by atoms with E-state index in [0.29, 0.717) is 12.8 Å². The number of hydrogen-bond acceptors (Lipinski definition) is 4. The average Bonchev–Trinajstić information content (AvgIpc) is 2.88. The Bertz CT molecular complexity index is 592. The number of para-hydroxylation sites is 1. The number of rotatable bonds is 7. The molecular formula is C14H19Cl2F2N3OS. The van der Waals surface area contributed by atoms with Crippen LogP contribution in [0, 0.1) is 0 Å². The zero-order valence-electron chi connectivity index (χ0n) is 12.3. The van der Waals surface area contributed by atoms with Gasteiger partial charge in [-0.3, -0.25) is 4.79 Å². The Hall–Kier alpha value is -1.02. The molecule has 0 unspecified atom stereocenters. The summed E-state index contributed by atoms with van der Waals surface area (Å²) in [5.74, 6) is -3.42. The Kier molecular flexibility index (Phi) is 9.53. The molecule has 1 aromatic carbocycles. The standard InChI is InChI=1S/C14H17F2N3OS.2ClH/c15-14(16,8-17)9-18-12(20)6-3-7-13-19-10-4-1-2-5-11(10)21-13;;/h1-2,4-5H,3,6-9,17H2,(H,18,20);2*1H. The lowest BCUT2D eigenvalue weighted by Crippen LogP contribution is -2.41. The quantitative estimate of drug-likeness (QED) is 0.768. The minimum atomic E-state index is -3.04. The van der Waals surface area contributed by atoms with Crippen molar-refractivity contribution in [2.24, 2.45) is 5.73 Å². The molecule has 23 heavy (non-hydrogen) atoms. The first kappa shape index (κ1) is 22.0. The molecule has 2 rings (SSSR count). The van der Waals surface area contributed by atoms with E-state index < -0.39 is 19.0 Å². The van der Waals surface area contributed by atoms with Gasteiger partial charge in [0.25, 0.3) is 5.92 Å². The van der Waals surface area contributed by atoms with Gasteiger partial charge in [0.15, 0.2) is 0 Å². The summed E-state index contributed by atoms with van der Waals surface area (Å²) < 4.78 is 26.9. The Labute approximate surface area is 149 Å². The van der Waals surface area contributed by atoms with Crippen molar-refractivity contribution in [3.63, 3.8) is 0 Å². The number of carbonyl (C=O) groups is 1.